The van der Waals surface area contributed by atoms with Crippen LogP contribution < -0.4 is 19.6 Å². The van der Waals surface area contributed by atoms with Gasteiger partial charge >= 0.3 is 0 Å². The Morgan fingerprint density at radius 1 is 0.963 bits per heavy atom. The van der Waals surface area contributed by atoms with Crippen molar-refractivity contribution >= 4 is 12.1 Å². The lowest BCUT2D eigenvalue weighted by atomic mass is 10.2. The molecule has 0 aromatic heterocycles. The molecule has 0 atom stereocenters. The van der Waals surface area contributed by atoms with Gasteiger partial charge in [-0.25, -0.2) is 5.43 Å². The molecule has 3 aromatic carbocycles. The van der Waals surface area contributed by atoms with E-state index in [1.165, 1.54) is 6.21 Å². The zero-order valence-corrected chi connectivity index (χ0v) is 14.3. The zero-order chi connectivity index (χ0) is 18.5. The Kier molecular flexibility index (Phi) is 4.70. The Balaban J connectivity index is 1.48. The molecule has 0 unspecified atom stereocenters. The SMILES string of the molecule is O=C(NN=Cc1cccc2c1OCO2)c1ccccc1Oc1ccccc1. The van der Waals surface area contributed by atoms with Crippen LogP contribution in [0.25, 0.3) is 0 Å². The first-order valence-corrected chi connectivity index (χ1v) is 8.35. The van der Waals surface area contributed by atoms with Gasteiger partial charge in [0.15, 0.2) is 11.5 Å². The van der Waals surface area contributed by atoms with Gasteiger partial charge in [0.1, 0.15) is 11.5 Å². The summed E-state index contributed by atoms with van der Waals surface area (Å²) in [7, 11) is 0. The quantitative estimate of drug-likeness (QED) is 0.552. The van der Waals surface area contributed by atoms with Crippen molar-refractivity contribution < 1.29 is 19.0 Å². The van der Waals surface area contributed by atoms with E-state index in [2.05, 4.69) is 10.5 Å². The second-order valence-electron chi connectivity index (χ2n) is 5.69. The first-order chi connectivity index (χ1) is 13.3. The lowest BCUT2D eigenvalue weighted by Gasteiger charge is -2.09. The van der Waals surface area contributed by atoms with E-state index < -0.39 is 0 Å². The van der Waals surface area contributed by atoms with E-state index in [1.54, 1.807) is 18.2 Å². The normalized spacial score (nSPS) is 12.1. The third-order valence-corrected chi connectivity index (χ3v) is 3.90. The van der Waals surface area contributed by atoms with Gasteiger partial charge < -0.3 is 14.2 Å². The molecular formula is C21H16N2O4. The van der Waals surface area contributed by atoms with Crippen molar-refractivity contribution in [3.8, 4) is 23.0 Å². The lowest BCUT2D eigenvalue weighted by molar-refractivity contribution is 0.0953. The summed E-state index contributed by atoms with van der Waals surface area (Å²) in [6, 6.07) is 21.8. The molecule has 3 aromatic rings. The summed E-state index contributed by atoms with van der Waals surface area (Å²) in [4.78, 5) is 12.5. The number of carbonyl (C=O) groups excluding carboxylic acids is 1. The van der Waals surface area contributed by atoms with Crippen LogP contribution >= 0.6 is 0 Å². The topological polar surface area (TPSA) is 69.2 Å². The average molecular weight is 360 g/mol. The van der Waals surface area contributed by atoms with E-state index in [-0.39, 0.29) is 12.7 Å². The number of hydrogen-bond acceptors (Lipinski definition) is 5. The molecule has 0 saturated carbocycles. The highest BCUT2D eigenvalue weighted by atomic mass is 16.7. The molecule has 134 valence electrons. The van der Waals surface area contributed by atoms with Crippen LogP contribution in [0.15, 0.2) is 77.9 Å². The Morgan fingerprint density at radius 3 is 2.67 bits per heavy atom. The Hall–Kier alpha value is -3.80. The molecule has 0 aliphatic carbocycles. The van der Waals surface area contributed by atoms with E-state index >= 15 is 0 Å². The summed E-state index contributed by atoms with van der Waals surface area (Å²) < 4.78 is 16.5. The van der Waals surface area contributed by atoms with Crippen LogP contribution in [0.4, 0.5) is 0 Å². The maximum Gasteiger partial charge on any atom is 0.275 e. The number of nitrogens with one attached hydrogen (secondary N) is 1. The minimum absolute atomic E-state index is 0.177. The smallest absolute Gasteiger partial charge is 0.275 e. The molecule has 6 heteroatoms. The molecule has 1 amide bonds. The molecule has 4 rings (SSSR count). The van der Waals surface area contributed by atoms with Crippen molar-refractivity contribution in [3.05, 3.63) is 83.9 Å². The monoisotopic (exact) mass is 360 g/mol. The van der Waals surface area contributed by atoms with Gasteiger partial charge in [-0.2, -0.15) is 5.10 Å². The zero-order valence-electron chi connectivity index (χ0n) is 14.3. The van der Waals surface area contributed by atoms with Gasteiger partial charge in [0.2, 0.25) is 6.79 Å². The van der Waals surface area contributed by atoms with Crippen LogP contribution in [0, 0.1) is 0 Å². The third kappa shape index (κ3) is 3.74. The number of ether oxygens (including phenoxy) is 3. The lowest BCUT2D eigenvalue weighted by Crippen LogP contribution is -2.18. The molecule has 6 nitrogen and oxygen atoms in total. The maximum atomic E-state index is 12.5. The number of carbonyl (C=O) groups is 1. The van der Waals surface area contributed by atoms with Gasteiger partial charge in [-0.15, -0.1) is 0 Å². The number of fused-ring (bicyclic) bond motifs is 1. The predicted octanol–water partition coefficient (Wildman–Crippen LogP) is 3.97. The fourth-order valence-corrected chi connectivity index (χ4v) is 2.63. The van der Waals surface area contributed by atoms with Gasteiger partial charge in [0.05, 0.1) is 11.8 Å². The molecule has 27 heavy (non-hydrogen) atoms. The van der Waals surface area contributed by atoms with Crippen LogP contribution in [-0.2, 0) is 0 Å². The van der Waals surface area contributed by atoms with Crippen LogP contribution in [0.5, 0.6) is 23.0 Å². The molecule has 1 aliphatic heterocycles. The summed E-state index contributed by atoms with van der Waals surface area (Å²) in [5.74, 6) is 2.00. The number of rotatable bonds is 5. The molecule has 1 heterocycles. The number of benzene rings is 3. The van der Waals surface area contributed by atoms with Crippen molar-refractivity contribution in [1.82, 2.24) is 5.43 Å². The second-order valence-corrected chi connectivity index (χ2v) is 5.69. The second kappa shape index (κ2) is 7.61. The maximum absolute atomic E-state index is 12.5. The van der Waals surface area contributed by atoms with E-state index in [4.69, 9.17) is 14.2 Å². The first-order valence-electron chi connectivity index (χ1n) is 8.35. The van der Waals surface area contributed by atoms with Crippen molar-refractivity contribution in [2.75, 3.05) is 6.79 Å². The van der Waals surface area contributed by atoms with Gasteiger partial charge in [-0.3, -0.25) is 4.79 Å². The predicted molar refractivity (Wildman–Crippen MR) is 101 cm³/mol. The van der Waals surface area contributed by atoms with Crippen molar-refractivity contribution in [2.24, 2.45) is 5.10 Å². The molecule has 0 spiro atoms. The fourth-order valence-electron chi connectivity index (χ4n) is 2.63. The van der Waals surface area contributed by atoms with Gasteiger partial charge in [-0.1, -0.05) is 36.4 Å². The summed E-state index contributed by atoms with van der Waals surface area (Å²) >= 11 is 0. The number of para-hydroxylation sites is 3. The molecule has 0 radical (unpaired) electrons. The summed E-state index contributed by atoms with van der Waals surface area (Å²) in [5.41, 5.74) is 3.63. The molecular weight excluding hydrogens is 344 g/mol. The Bertz CT molecular complexity index is 986. The molecule has 0 fully saturated rings. The van der Waals surface area contributed by atoms with Gasteiger partial charge in [0, 0.05) is 5.56 Å². The molecule has 0 bridgehead atoms. The fraction of sp³-hybridized carbons (Fsp3) is 0.0476. The van der Waals surface area contributed by atoms with E-state index in [0.29, 0.717) is 28.6 Å². The number of nitrogens with zero attached hydrogens (tertiary/aromatic N) is 1. The first kappa shape index (κ1) is 16.7. The van der Waals surface area contributed by atoms with Crippen molar-refractivity contribution in [1.29, 1.82) is 0 Å². The number of hydrazone groups is 1. The molecule has 1 aliphatic rings. The van der Waals surface area contributed by atoms with Crippen LogP contribution in [0.3, 0.4) is 0 Å². The highest BCUT2D eigenvalue weighted by Crippen LogP contribution is 2.34. The van der Waals surface area contributed by atoms with E-state index in [9.17, 15) is 4.79 Å². The average Bonchev–Trinajstić information content (AvgIpc) is 3.19. The highest BCUT2D eigenvalue weighted by Gasteiger charge is 2.16. The van der Waals surface area contributed by atoms with Crippen molar-refractivity contribution in [3.63, 3.8) is 0 Å². The third-order valence-electron chi connectivity index (χ3n) is 3.90. The van der Waals surface area contributed by atoms with E-state index in [0.717, 1.165) is 5.56 Å². The minimum atomic E-state index is -0.373. The number of hydrogen-bond donors (Lipinski definition) is 1. The molecule has 0 saturated heterocycles. The highest BCUT2D eigenvalue weighted by molar-refractivity contribution is 5.97. The van der Waals surface area contributed by atoms with Crippen molar-refractivity contribution in [2.45, 2.75) is 0 Å². The summed E-state index contributed by atoms with van der Waals surface area (Å²) in [5, 5.41) is 4.03. The minimum Gasteiger partial charge on any atom is -0.457 e. The van der Waals surface area contributed by atoms with Gasteiger partial charge in [-0.05, 0) is 36.4 Å². The van der Waals surface area contributed by atoms with Crippen LogP contribution in [-0.4, -0.2) is 18.9 Å². The molecule has 1 N–H and O–H groups in total. The van der Waals surface area contributed by atoms with E-state index in [1.807, 2.05) is 54.6 Å². The Morgan fingerprint density at radius 2 is 1.78 bits per heavy atom. The largest absolute Gasteiger partial charge is 0.457 e. The summed E-state index contributed by atoms with van der Waals surface area (Å²) in [6.07, 6.45) is 1.52. The number of amides is 1. The van der Waals surface area contributed by atoms with Crippen LogP contribution in [0.1, 0.15) is 15.9 Å². The van der Waals surface area contributed by atoms with Gasteiger partial charge in [0.25, 0.3) is 5.91 Å². The summed E-state index contributed by atoms with van der Waals surface area (Å²) in [6.45, 7) is 0.177. The van der Waals surface area contributed by atoms with Crippen LogP contribution in [0.2, 0.25) is 0 Å². The Labute approximate surface area is 156 Å². The standard InChI is InChI=1S/C21H16N2O4/c24-21(23-22-13-15-7-6-12-19-20(15)26-14-25-19)17-10-4-5-11-18(17)27-16-8-2-1-3-9-16/h1-13H,14H2,(H,23,24).